The molecule has 0 atom stereocenters. The fourth-order valence-electron chi connectivity index (χ4n) is 2.18. The third kappa shape index (κ3) is 3.35. The second kappa shape index (κ2) is 5.33. The average molecular weight is 282 g/mol. The molecule has 1 saturated heterocycles. The number of hydrogen-bond acceptors (Lipinski definition) is 4. The lowest BCUT2D eigenvalue weighted by Gasteiger charge is -2.39. The Hall–Kier alpha value is -1.36. The van der Waals surface area contributed by atoms with E-state index in [9.17, 15) is 4.79 Å². The van der Waals surface area contributed by atoms with Gasteiger partial charge in [-0.1, -0.05) is 11.6 Å². The first-order valence-electron chi connectivity index (χ1n) is 6.59. The molecule has 0 N–H and O–H groups in total. The Labute approximate surface area is 116 Å². The SMILES string of the molecule is O=C(CC1CC1)N1CC(COc2cncc(Cl)n2)C1. The molecule has 19 heavy (non-hydrogen) atoms. The predicted molar refractivity (Wildman–Crippen MR) is 69.9 cm³/mol. The molecule has 0 aromatic carbocycles. The van der Waals surface area contributed by atoms with Gasteiger partial charge in [0, 0.05) is 25.4 Å². The highest BCUT2D eigenvalue weighted by atomic mass is 35.5. The normalized spacial score (nSPS) is 19.1. The van der Waals surface area contributed by atoms with Crippen molar-refractivity contribution in [2.24, 2.45) is 11.8 Å². The van der Waals surface area contributed by atoms with Gasteiger partial charge in [-0.05, 0) is 18.8 Å². The summed E-state index contributed by atoms with van der Waals surface area (Å²) in [7, 11) is 0. The van der Waals surface area contributed by atoms with Crippen molar-refractivity contribution >= 4 is 17.5 Å². The number of hydrogen-bond donors (Lipinski definition) is 0. The Kier molecular flexibility index (Phi) is 3.55. The van der Waals surface area contributed by atoms with E-state index in [1.807, 2.05) is 4.90 Å². The fourth-order valence-corrected chi connectivity index (χ4v) is 2.31. The van der Waals surface area contributed by atoms with Gasteiger partial charge in [0.05, 0.1) is 19.0 Å². The van der Waals surface area contributed by atoms with Crippen molar-refractivity contribution < 1.29 is 9.53 Å². The van der Waals surface area contributed by atoms with Crippen LogP contribution in [0.3, 0.4) is 0 Å². The molecule has 0 spiro atoms. The van der Waals surface area contributed by atoms with E-state index in [1.165, 1.54) is 19.0 Å². The topological polar surface area (TPSA) is 55.3 Å². The number of aromatic nitrogens is 2. The molecule has 2 heterocycles. The first kappa shape index (κ1) is 12.7. The van der Waals surface area contributed by atoms with E-state index in [0.717, 1.165) is 19.5 Å². The van der Waals surface area contributed by atoms with Gasteiger partial charge in [0.15, 0.2) is 5.15 Å². The summed E-state index contributed by atoms with van der Waals surface area (Å²) in [6, 6.07) is 0. The monoisotopic (exact) mass is 281 g/mol. The van der Waals surface area contributed by atoms with E-state index >= 15 is 0 Å². The van der Waals surface area contributed by atoms with Gasteiger partial charge in [0.25, 0.3) is 0 Å². The van der Waals surface area contributed by atoms with Crippen molar-refractivity contribution in [1.29, 1.82) is 0 Å². The van der Waals surface area contributed by atoms with Crippen molar-refractivity contribution in [2.45, 2.75) is 19.3 Å². The van der Waals surface area contributed by atoms with Crippen LogP contribution < -0.4 is 4.74 Å². The van der Waals surface area contributed by atoms with Gasteiger partial charge in [-0.3, -0.25) is 9.78 Å². The number of amides is 1. The number of rotatable bonds is 5. The number of likely N-dealkylation sites (tertiary alicyclic amines) is 1. The highest BCUT2D eigenvalue weighted by molar-refractivity contribution is 6.29. The summed E-state index contributed by atoms with van der Waals surface area (Å²) in [6.07, 6.45) is 6.18. The lowest BCUT2D eigenvalue weighted by Crippen LogP contribution is -2.52. The van der Waals surface area contributed by atoms with E-state index < -0.39 is 0 Å². The third-order valence-corrected chi connectivity index (χ3v) is 3.70. The summed E-state index contributed by atoms with van der Waals surface area (Å²) in [4.78, 5) is 21.6. The Morgan fingerprint density at radius 2 is 2.16 bits per heavy atom. The number of carbonyl (C=O) groups excluding carboxylic acids is 1. The molecule has 5 nitrogen and oxygen atoms in total. The van der Waals surface area contributed by atoms with Gasteiger partial charge >= 0.3 is 0 Å². The Morgan fingerprint density at radius 3 is 2.84 bits per heavy atom. The summed E-state index contributed by atoms with van der Waals surface area (Å²) >= 11 is 5.72. The van der Waals surface area contributed by atoms with Crippen LogP contribution in [0.5, 0.6) is 5.88 Å². The largest absolute Gasteiger partial charge is 0.476 e. The Balaban J connectivity index is 1.38. The molecule has 2 aliphatic rings. The molecule has 1 saturated carbocycles. The quantitative estimate of drug-likeness (QED) is 0.825. The van der Waals surface area contributed by atoms with Crippen LogP contribution in [0.4, 0.5) is 0 Å². The smallest absolute Gasteiger partial charge is 0.233 e. The van der Waals surface area contributed by atoms with Crippen LogP contribution in [0.25, 0.3) is 0 Å². The minimum Gasteiger partial charge on any atom is -0.476 e. The zero-order valence-electron chi connectivity index (χ0n) is 10.6. The maximum atomic E-state index is 11.8. The lowest BCUT2D eigenvalue weighted by atomic mass is 10.0. The van der Waals surface area contributed by atoms with Crippen molar-refractivity contribution in [3.63, 3.8) is 0 Å². The van der Waals surface area contributed by atoms with Crippen molar-refractivity contribution in [1.82, 2.24) is 14.9 Å². The van der Waals surface area contributed by atoms with Crippen LogP contribution in [0, 0.1) is 11.8 Å². The van der Waals surface area contributed by atoms with Gasteiger partial charge in [-0.2, -0.15) is 4.98 Å². The lowest BCUT2D eigenvalue weighted by molar-refractivity contribution is -0.138. The molecule has 3 rings (SSSR count). The molecular weight excluding hydrogens is 266 g/mol. The standard InChI is InChI=1S/C13H16ClN3O2/c14-11-4-15-5-12(16-11)19-8-10-6-17(7-10)13(18)3-9-1-2-9/h4-5,9-10H,1-3,6-8H2. The summed E-state index contributed by atoms with van der Waals surface area (Å²) in [5.41, 5.74) is 0. The molecule has 0 unspecified atom stereocenters. The predicted octanol–water partition coefficient (Wildman–Crippen LogP) is 1.77. The van der Waals surface area contributed by atoms with Crippen LogP contribution in [-0.4, -0.2) is 40.5 Å². The van der Waals surface area contributed by atoms with Crippen molar-refractivity contribution in [2.75, 3.05) is 19.7 Å². The van der Waals surface area contributed by atoms with Crippen LogP contribution >= 0.6 is 11.6 Å². The van der Waals surface area contributed by atoms with E-state index in [-0.39, 0.29) is 0 Å². The molecule has 1 aliphatic heterocycles. The summed E-state index contributed by atoms with van der Waals surface area (Å²) in [5, 5.41) is 0.326. The van der Waals surface area contributed by atoms with E-state index in [4.69, 9.17) is 16.3 Å². The summed E-state index contributed by atoms with van der Waals surface area (Å²) < 4.78 is 5.52. The van der Waals surface area contributed by atoms with Crippen molar-refractivity contribution in [3.05, 3.63) is 17.5 Å². The molecule has 1 amide bonds. The minimum absolute atomic E-state index is 0.293. The molecule has 1 aliphatic carbocycles. The van der Waals surface area contributed by atoms with Gasteiger partial charge in [-0.15, -0.1) is 0 Å². The second-order valence-corrected chi connectivity index (χ2v) is 5.69. The highest BCUT2D eigenvalue weighted by Crippen LogP contribution is 2.33. The number of ether oxygens (including phenoxy) is 1. The maximum Gasteiger partial charge on any atom is 0.233 e. The van der Waals surface area contributed by atoms with Gasteiger partial charge in [0.2, 0.25) is 11.8 Å². The Morgan fingerprint density at radius 1 is 1.37 bits per heavy atom. The van der Waals surface area contributed by atoms with Gasteiger partial charge < -0.3 is 9.64 Å². The van der Waals surface area contributed by atoms with Crippen LogP contribution in [0.1, 0.15) is 19.3 Å². The molecule has 0 bridgehead atoms. The first-order valence-corrected chi connectivity index (χ1v) is 6.96. The average Bonchev–Trinajstić information content (AvgIpc) is 3.11. The first-order chi connectivity index (χ1) is 9.20. The van der Waals surface area contributed by atoms with E-state index in [2.05, 4.69) is 9.97 Å². The molecule has 1 aromatic heterocycles. The van der Waals surface area contributed by atoms with E-state index in [0.29, 0.717) is 35.4 Å². The zero-order valence-corrected chi connectivity index (χ0v) is 11.3. The number of nitrogens with zero attached hydrogens (tertiary/aromatic N) is 3. The molecule has 2 fully saturated rings. The summed E-state index contributed by atoms with van der Waals surface area (Å²) in [6.45, 7) is 2.14. The van der Waals surface area contributed by atoms with Crippen LogP contribution in [0.2, 0.25) is 5.15 Å². The minimum atomic E-state index is 0.293. The van der Waals surface area contributed by atoms with Gasteiger partial charge in [-0.25, -0.2) is 0 Å². The third-order valence-electron chi connectivity index (χ3n) is 3.52. The van der Waals surface area contributed by atoms with Crippen molar-refractivity contribution in [3.8, 4) is 5.88 Å². The summed E-state index contributed by atoms with van der Waals surface area (Å²) in [5.74, 6) is 1.78. The van der Waals surface area contributed by atoms with Gasteiger partial charge in [0.1, 0.15) is 0 Å². The zero-order chi connectivity index (χ0) is 13.2. The van der Waals surface area contributed by atoms with Crippen LogP contribution in [-0.2, 0) is 4.79 Å². The molecule has 1 aromatic rings. The second-order valence-electron chi connectivity index (χ2n) is 5.30. The molecular formula is C13H16ClN3O2. The fraction of sp³-hybridized carbons (Fsp3) is 0.615. The maximum absolute atomic E-state index is 11.8. The molecule has 0 radical (unpaired) electrons. The number of carbonyl (C=O) groups is 1. The number of halogens is 1. The molecule has 6 heteroatoms. The molecule has 102 valence electrons. The van der Waals surface area contributed by atoms with E-state index in [1.54, 1.807) is 6.20 Å². The van der Waals surface area contributed by atoms with Crippen LogP contribution in [0.15, 0.2) is 12.4 Å². The highest BCUT2D eigenvalue weighted by Gasteiger charge is 2.34. The Bertz CT molecular complexity index is 473.